The lowest BCUT2D eigenvalue weighted by Crippen LogP contribution is -2.48. The van der Waals surface area contributed by atoms with E-state index < -0.39 is 0 Å². The lowest BCUT2D eigenvalue weighted by molar-refractivity contribution is 0.0220. The fourth-order valence-corrected chi connectivity index (χ4v) is 3.98. The normalized spacial score (nSPS) is 21.0. The van der Waals surface area contributed by atoms with E-state index in [1.165, 1.54) is 31.9 Å². The first kappa shape index (κ1) is 16.0. The molecule has 3 rings (SSSR count). The Bertz CT molecular complexity index is 647. The minimum absolute atomic E-state index is 0.00276. The number of carbonyl (C=O) groups excluding carboxylic acids is 1. The molecule has 2 fully saturated rings. The maximum Gasteiger partial charge on any atom is 0.252 e. The molecule has 1 aromatic rings. The zero-order valence-corrected chi connectivity index (χ0v) is 13.8. The van der Waals surface area contributed by atoms with Gasteiger partial charge in [0.15, 0.2) is 0 Å². The highest BCUT2D eigenvalue weighted by atomic mass is 16.1. The highest BCUT2D eigenvalue weighted by Crippen LogP contribution is 2.51. The SMILES string of the molecule is C=C/N=c1/ccc(C(=O)NCC2CC3(CCNCC3)C2)cn1C. The van der Waals surface area contributed by atoms with Crippen LogP contribution >= 0.6 is 0 Å². The van der Waals surface area contributed by atoms with Gasteiger partial charge in [-0.25, -0.2) is 4.99 Å². The van der Waals surface area contributed by atoms with Gasteiger partial charge >= 0.3 is 0 Å². The van der Waals surface area contributed by atoms with Crippen LogP contribution in [0.4, 0.5) is 0 Å². The number of aromatic nitrogens is 1. The molecule has 0 aromatic carbocycles. The smallest absolute Gasteiger partial charge is 0.252 e. The molecule has 5 heteroatoms. The van der Waals surface area contributed by atoms with Crippen molar-refractivity contribution in [2.24, 2.45) is 23.4 Å². The lowest BCUT2D eigenvalue weighted by atomic mass is 9.58. The molecule has 0 unspecified atom stereocenters. The zero-order valence-electron chi connectivity index (χ0n) is 13.8. The number of pyridine rings is 1. The molecule has 2 heterocycles. The zero-order chi connectivity index (χ0) is 16.3. The van der Waals surface area contributed by atoms with Gasteiger partial charge in [0.05, 0.1) is 5.56 Å². The standard InChI is InChI=1S/C18H26N4O/c1-3-20-16-5-4-15(13-22(16)2)17(23)21-12-14-10-18(11-14)6-8-19-9-7-18/h3-5,13-14,19H,1,6-12H2,2H3,(H,21,23)/b20-16-. The minimum atomic E-state index is -0.00276. The molecule has 1 aliphatic carbocycles. The average Bonchev–Trinajstić information content (AvgIpc) is 2.53. The van der Waals surface area contributed by atoms with E-state index in [-0.39, 0.29) is 5.91 Å². The van der Waals surface area contributed by atoms with E-state index in [9.17, 15) is 4.79 Å². The van der Waals surface area contributed by atoms with Gasteiger partial charge in [-0.15, -0.1) is 0 Å². The number of amides is 1. The number of aryl methyl sites for hydroxylation is 1. The molecule has 2 N–H and O–H groups in total. The van der Waals surface area contributed by atoms with Crippen LogP contribution in [0.15, 0.2) is 36.1 Å². The third kappa shape index (κ3) is 3.55. The number of nitrogens with zero attached hydrogens (tertiary/aromatic N) is 2. The van der Waals surface area contributed by atoms with E-state index >= 15 is 0 Å². The van der Waals surface area contributed by atoms with Gasteiger partial charge in [0, 0.05) is 26.0 Å². The van der Waals surface area contributed by atoms with Crippen LogP contribution in [-0.4, -0.2) is 30.1 Å². The summed E-state index contributed by atoms with van der Waals surface area (Å²) >= 11 is 0. The molecule has 0 radical (unpaired) electrons. The van der Waals surface area contributed by atoms with Crippen molar-refractivity contribution in [1.29, 1.82) is 0 Å². The number of piperidine rings is 1. The van der Waals surface area contributed by atoms with Crippen LogP contribution in [0.2, 0.25) is 0 Å². The van der Waals surface area contributed by atoms with E-state index in [0.29, 0.717) is 16.9 Å². The summed E-state index contributed by atoms with van der Waals surface area (Å²) in [6, 6.07) is 3.65. The third-order valence-corrected chi connectivity index (χ3v) is 5.25. The number of hydrogen-bond donors (Lipinski definition) is 2. The van der Waals surface area contributed by atoms with Crippen molar-refractivity contribution in [2.75, 3.05) is 19.6 Å². The Labute approximate surface area is 137 Å². The molecular weight excluding hydrogens is 288 g/mol. The van der Waals surface area contributed by atoms with Crippen LogP contribution in [-0.2, 0) is 7.05 Å². The molecule has 0 atom stereocenters. The van der Waals surface area contributed by atoms with Gasteiger partial charge < -0.3 is 15.2 Å². The Morgan fingerprint density at radius 3 is 2.87 bits per heavy atom. The van der Waals surface area contributed by atoms with E-state index in [2.05, 4.69) is 22.2 Å². The Kier molecular flexibility index (Phi) is 4.66. The molecule has 2 aliphatic rings. The molecule has 1 aliphatic heterocycles. The number of rotatable bonds is 4. The van der Waals surface area contributed by atoms with Gasteiger partial charge in [-0.1, -0.05) is 6.58 Å². The van der Waals surface area contributed by atoms with Gasteiger partial charge in [0.1, 0.15) is 5.49 Å². The molecule has 1 aromatic heterocycles. The minimum Gasteiger partial charge on any atom is -0.352 e. The largest absolute Gasteiger partial charge is 0.352 e. The average molecular weight is 314 g/mol. The lowest BCUT2D eigenvalue weighted by Gasteiger charge is -2.50. The van der Waals surface area contributed by atoms with Crippen LogP contribution in [0, 0.1) is 11.3 Å². The Balaban J connectivity index is 1.51. The van der Waals surface area contributed by atoms with Crippen molar-refractivity contribution >= 4 is 5.91 Å². The first-order valence-corrected chi connectivity index (χ1v) is 8.42. The first-order valence-electron chi connectivity index (χ1n) is 8.42. The summed E-state index contributed by atoms with van der Waals surface area (Å²) in [5.74, 6) is 0.637. The van der Waals surface area contributed by atoms with Crippen molar-refractivity contribution in [3.8, 4) is 0 Å². The number of hydrogen-bond acceptors (Lipinski definition) is 3. The molecule has 1 saturated heterocycles. The van der Waals surface area contributed by atoms with Crippen LogP contribution in [0.5, 0.6) is 0 Å². The van der Waals surface area contributed by atoms with Crippen LogP contribution in [0.1, 0.15) is 36.0 Å². The maximum atomic E-state index is 12.3. The molecule has 1 saturated carbocycles. The summed E-state index contributed by atoms with van der Waals surface area (Å²) in [6.45, 7) is 6.68. The van der Waals surface area contributed by atoms with Crippen LogP contribution in [0.25, 0.3) is 0 Å². The summed E-state index contributed by atoms with van der Waals surface area (Å²) in [5.41, 5.74) is 2.02. The van der Waals surface area contributed by atoms with Crippen LogP contribution in [0.3, 0.4) is 0 Å². The fraction of sp³-hybridized carbons (Fsp3) is 0.556. The summed E-state index contributed by atoms with van der Waals surface area (Å²) in [6.07, 6.45) is 8.43. The van der Waals surface area contributed by atoms with Gasteiger partial charge in [0.25, 0.3) is 5.91 Å². The topological polar surface area (TPSA) is 58.4 Å². The number of carbonyl (C=O) groups is 1. The van der Waals surface area contributed by atoms with E-state index in [0.717, 1.165) is 25.1 Å². The van der Waals surface area contributed by atoms with E-state index in [4.69, 9.17) is 0 Å². The molecule has 0 bridgehead atoms. The summed E-state index contributed by atoms with van der Waals surface area (Å²) in [4.78, 5) is 16.4. The second-order valence-electron chi connectivity index (χ2n) is 6.93. The number of nitrogens with one attached hydrogen (secondary N) is 2. The van der Waals surface area contributed by atoms with Gasteiger partial charge in [-0.2, -0.15) is 0 Å². The van der Waals surface area contributed by atoms with Gasteiger partial charge in [0.2, 0.25) is 0 Å². The van der Waals surface area contributed by atoms with Gasteiger partial charge in [-0.3, -0.25) is 4.79 Å². The fourth-order valence-electron chi connectivity index (χ4n) is 3.98. The van der Waals surface area contributed by atoms with Crippen molar-refractivity contribution in [3.63, 3.8) is 0 Å². The maximum absolute atomic E-state index is 12.3. The summed E-state index contributed by atoms with van der Waals surface area (Å²) in [5, 5.41) is 6.51. The highest BCUT2D eigenvalue weighted by Gasteiger charge is 2.44. The predicted molar refractivity (Wildman–Crippen MR) is 90.8 cm³/mol. The predicted octanol–water partition coefficient (Wildman–Crippen LogP) is 1.58. The quantitative estimate of drug-likeness (QED) is 0.886. The molecular formula is C18H26N4O. The summed E-state index contributed by atoms with van der Waals surface area (Å²) < 4.78 is 1.84. The van der Waals surface area contributed by atoms with Crippen molar-refractivity contribution in [2.45, 2.75) is 25.7 Å². The van der Waals surface area contributed by atoms with Crippen LogP contribution < -0.4 is 16.1 Å². The van der Waals surface area contributed by atoms with Gasteiger partial charge in [-0.05, 0) is 62.2 Å². The molecule has 1 amide bonds. The summed E-state index contributed by atoms with van der Waals surface area (Å²) in [7, 11) is 1.88. The molecule has 1 spiro atoms. The third-order valence-electron chi connectivity index (χ3n) is 5.25. The monoisotopic (exact) mass is 314 g/mol. The molecule has 23 heavy (non-hydrogen) atoms. The highest BCUT2D eigenvalue weighted by molar-refractivity contribution is 5.93. The van der Waals surface area contributed by atoms with E-state index in [1.807, 2.05) is 29.9 Å². The van der Waals surface area contributed by atoms with E-state index in [1.54, 1.807) is 0 Å². The Hall–Kier alpha value is -1.88. The second kappa shape index (κ2) is 6.71. The van der Waals surface area contributed by atoms with Crippen molar-refractivity contribution < 1.29 is 4.79 Å². The second-order valence-corrected chi connectivity index (χ2v) is 6.93. The molecule has 124 valence electrons. The Morgan fingerprint density at radius 1 is 1.48 bits per heavy atom. The van der Waals surface area contributed by atoms with Crippen molar-refractivity contribution in [3.05, 3.63) is 42.2 Å². The molecule has 5 nitrogen and oxygen atoms in total. The Morgan fingerprint density at radius 2 is 2.22 bits per heavy atom. The first-order chi connectivity index (χ1) is 11.1. The van der Waals surface area contributed by atoms with Crippen molar-refractivity contribution in [1.82, 2.24) is 15.2 Å².